The Kier molecular flexibility index (Phi) is 5.43. The molecule has 0 aliphatic carbocycles. The number of likely N-dealkylation sites (N-methyl/N-ethyl adjacent to an activating group) is 1. The van der Waals surface area contributed by atoms with Crippen molar-refractivity contribution in [3.05, 3.63) is 33.3 Å². The van der Waals surface area contributed by atoms with Crippen LogP contribution in [0.5, 0.6) is 0 Å². The molecule has 0 radical (unpaired) electrons. The van der Waals surface area contributed by atoms with E-state index in [1.807, 2.05) is 0 Å². The average molecular weight is 335 g/mol. The minimum absolute atomic E-state index is 0.0312. The molecule has 0 bridgehead atoms. The van der Waals surface area contributed by atoms with Gasteiger partial charge in [-0.2, -0.15) is 0 Å². The lowest BCUT2D eigenvalue weighted by molar-refractivity contribution is 0.0786. The summed E-state index contributed by atoms with van der Waals surface area (Å²) in [4.78, 5) is 13.7. The predicted octanol–water partition coefficient (Wildman–Crippen LogP) is 2.31. The summed E-state index contributed by atoms with van der Waals surface area (Å²) in [6.45, 7) is 2.28. The summed E-state index contributed by atoms with van der Waals surface area (Å²) >= 11 is 9.31. The number of carbonyl (C=O) groups is 1. The van der Waals surface area contributed by atoms with Crippen molar-refractivity contribution in [1.29, 1.82) is 0 Å². The summed E-state index contributed by atoms with van der Waals surface area (Å²) in [5, 5.41) is 11.7. The lowest BCUT2D eigenvalue weighted by Crippen LogP contribution is -2.38. The Morgan fingerprint density at radius 2 is 2.28 bits per heavy atom. The Labute approximate surface area is 118 Å². The molecule has 1 aromatic carbocycles. The van der Waals surface area contributed by atoms with Gasteiger partial charge in [0.1, 0.15) is 0 Å². The van der Waals surface area contributed by atoms with Gasteiger partial charge in [0.05, 0.1) is 17.1 Å². The number of amides is 1. The third kappa shape index (κ3) is 3.36. The Hall–Kier alpha value is -1.27. The Bertz CT molecular complexity index is 479. The molecular weight excluding hydrogens is 321 g/mol. The minimum Gasteiger partial charge on any atom is -0.409 e. The first-order valence-electron chi connectivity index (χ1n) is 5.21. The summed E-state index contributed by atoms with van der Waals surface area (Å²) < 4.78 is 0.648. The summed E-state index contributed by atoms with van der Waals surface area (Å²) in [6.07, 6.45) is 0. The Morgan fingerprint density at radius 1 is 1.61 bits per heavy atom. The van der Waals surface area contributed by atoms with E-state index in [4.69, 9.17) is 22.5 Å². The van der Waals surface area contributed by atoms with Crippen molar-refractivity contribution in [3.8, 4) is 0 Å². The van der Waals surface area contributed by atoms with Gasteiger partial charge in [-0.15, -0.1) is 0 Å². The Morgan fingerprint density at radius 3 is 2.83 bits per heavy atom. The first-order valence-corrected chi connectivity index (χ1v) is 6.38. The summed E-state index contributed by atoms with van der Waals surface area (Å²) in [5.74, 6) is -0.299. The molecule has 0 saturated carbocycles. The SMILES string of the molecule is CCN(C/C(N)=N/O)C(=O)c1cccc(Br)c1Cl. The third-order valence-electron chi connectivity index (χ3n) is 2.33. The fraction of sp³-hybridized carbons (Fsp3) is 0.273. The summed E-state index contributed by atoms with van der Waals surface area (Å²) in [5.41, 5.74) is 5.77. The molecule has 98 valence electrons. The minimum atomic E-state index is -0.268. The molecule has 0 heterocycles. The van der Waals surface area contributed by atoms with Crippen molar-refractivity contribution < 1.29 is 10.0 Å². The molecule has 0 atom stereocenters. The van der Waals surface area contributed by atoms with Crippen LogP contribution in [0.25, 0.3) is 0 Å². The third-order valence-corrected chi connectivity index (χ3v) is 3.63. The smallest absolute Gasteiger partial charge is 0.255 e. The largest absolute Gasteiger partial charge is 0.409 e. The summed E-state index contributed by atoms with van der Waals surface area (Å²) in [6, 6.07) is 5.10. The number of oxime groups is 1. The van der Waals surface area contributed by atoms with Crippen LogP contribution in [-0.4, -0.2) is 34.9 Å². The van der Waals surface area contributed by atoms with E-state index in [9.17, 15) is 4.79 Å². The molecule has 0 spiro atoms. The van der Waals surface area contributed by atoms with E-state index in [-0.39, 0.29) is 18.3 Å². The normalized spacial score (nSPS) is 11.4. The maximum atomic E-state index is 12.2. The van der Waals surface area contributed by atoms with E-state index in [1.54, 1.807) is 25.1 Å². The van der Waals surface area contributed by atoms with E-state index in [2.05, 4.69) is 21.1 Å². The van der Waals surface area contributed by atoms with Crippen LogP contribution in [-0.2, 0) is 0 Å². The lowest BCUT2D eigenvalue weighted by Gasteiger charge is -2.20. The van der Waals surface area contributed by atoms with Crippen molar-refractivity contribution in [1.82, 2.24) is 4.90 Å². The predicted molar refractivity (Wildman–Crippen MR) is 74.1 cm³/mol. The topological polar surface area (TPSA) is 78.9 Å². The van der Waals surface area contributed by atoms with Gasteiger partial charge in [0, 0.05) is 11.0 Å². The molecule has 0 aliphatic heterocycles. The van der Waals surface area contributed by atoms with E-state index in [1.165, 1.54) is 4.90 Å². The monoisotopic (exact) mass is 333 g/mol. The number of hydrogen-bond donors (Lipinski definition) is 2. The molecule has 0 aliphatic rings. The quantitative estimate of drug-likeness (QED) is 0.384. The van der Waals surface area contributed by atoms with E-state index in [0.717, 1.165) is 0 Å². The highest BCUT2D eigenvalue weighted by Gasteiger charge is 2.19. The van der Waals surface area contributed by atoms with Gasteiger partial charge in [0.15, 0.2) is 5.84 Å². The van der Waals surface area contributed by atoms with Crippen LogP contribution < -0.4 is 5.73 Å². The van der Waals surface area contributed by atoms with Gasteiger partial charge in [0.2, 0.25) is 0 Å². The highest BCUT2D eigenvalue weighted by Crippen LogP contribution is 2.26. The fourth-order valence-corrected chi connectivity index (χ4v) is 1.97. The zero-order valence-corrected chi connectivity index (χ0v) is 12.1. The van der Waals surface area contributed by atoms with Gasteiger partial charge in [-0.3, -0.25) is 4.79 Å². The second kappa shape index (κ2) is 6.61. The van der Waals surface area contributed by atoms with Crippen LogP contribution in [0.2, 0.25) is 5.02 Å². The van der Waals surface area contributed by atoms with Crippen LogP contribution in [0.1, 0.15) is 17.3 Å². The molecular formula is C11H13BrClN3O2. The molecule has 3 N–H and O–H groups in total. The van der Waals surface area contributed by atoms with Gasteiger partial charge < -0.3 is 15.8 Å². The molecule has 5 nitrogen and oxygen atoms in total. The molecule has 1 rings (SSSR count). The fourth-order valence-electron chi connectivity index (χ4n) is 1.39. The van der Waals surface area contributed by atoms with Crippen molar-refractivity contribution >= 4 is 39.3 Å². The second-order valence-corrected chi connectivity index (χ2v) is 4.74. The number of carbonyl (C=O) groups excluding carboxylic acids is 1. The van der Waals surface area contributed by atoms with Gasteiger partial charge in [0.25, 0.3) is 5.91 Å². The summed E-state index contributed by atoms with van der Waals surface area (Å²) in [7, 11) is 0. The van der Waals surface area contributed by atoms with Crippen LogP contribution in [0.3, 0.4) is 0 Å². The average Bonchev–Trinajstić information content (AvgIpc) is 2.38. The van der Waals surface area contributed by atoms with Crippen LogP contribution in [0, 0.1) is 0 Å². The number of rotatable bonds is 4. The van der Waals surface area contributed by atoms with Gasteiger partial charge >= 0.3 is 0 Å². The van der Waals surface area contributed by atoms with E-state index >= 15 is 0 Å². The number of halogens is 2. The first-order chi connectivity index (χ1) is 8.51. The zero-order chi connectivity index (χ0) is 13.7. The van der Waals surface area contributed by atoms with E-state index in [0.29, 0.717) is 21.6 Å². The molecule has 0 aromatic heterocycles. The van der Waals surface area contributed by atoms with Gasteiger partial charge in [-0.05, 0) is 35.0 Å². The van der Waals surface area contributed by atoms with Crippen LogP contribution in [0.4, 0.5) is 0 Å². The standard InChI is InChI=1S/C11H13BrClN3O2/c1-2-16(6-9(14)15-18)11(17)7-4-3-5-8(12)10(7)13/h3-5,18H,2,6H2,1H3,(H2,14,15). The van der Waals surface area contributed by atoms with Crippen molar-refractivity contribution in [2.45, 2.75) is 6.92 Å². The van der Waals surface area contributed by atoms with Crippen LogP contribution in [0.15, 0.2) is 27.8 Å². The zero-order valence-electron chi connectivity index (χ0n) is 9.73. The highest BCUT2D eigenvalue weighted by molar-refractivity contribution is 9.10. The van der Waals surface area contributed by atoms with Crippen molar-refractivity contribution in [2.24, 2.45) is 10.9 Å². The van der Waals surface area contributed by atoms with E-state index < -0.39 is 0 Å². The van der Waals surface area contributed by atoms with Crippen LogP contribution >= 0.6 is 27.5 Å². The molecule has 1 amide bonds. The maximum absolute atomic E-state index is 12.2. The second-order valence-electron chi connectivity index (χ2n) is 3.51. The first kappa shape index (κ1) is 14.8. The van der Waals surface area contributed by atoms with Gasteiger partial charge in [-0.25, -0.2) is 0 Å². The number of benzene rings is 1. The van der Waals surface area contributed by atoms with Crippen molar-refractivity contribution in [3.63, 3.8) is 0 Å². The molecule has 0 unspecified atom stereocenters. The highest BCUT2D eigenvalue weighted by atomic mass is 79.9. The molecule has 0 saturated heterocycles. The number of amidine groups is 1. The number of hydrogen-bond acceptors (Lipinski definition) is 3. The molecule has 18 heavy (non-hydrogen) atoms. The van der Waals surface area contributed by atoms with Crippen molar-refractivity contribution in [2.75, 3.05) is 13.1 Å². The number of nitrogens with zero attached hydrogens (tertiary/aromatic N) is 2. The number of nitrogens with two attached hydrogens (primary N) is 1. The molecule has 7 heteroatoms. The maximum Gasteiger partial charge on any atom is 0.255 e. The lowest BCUT2D eigenvalue weighted by atomic mass is 10.2. The Balaban J connectivity index is 3.00. The molecule has 1 aromatic rings. The molecule has 0 fully saturated rings. The van der Waals surface area contributed by atoms with Gasteiger partial charge in [-0.1, -0.05) is 22.8 Å².